The fourth-order valence-corrected chi connectivity index (χ4v) is 2.75. The van der Waals surface area contributed by atoms with E-state index in [1.165, 1.54) is 12.0 Å². The maximum atomic E-state index is 5.53. The van der Waals surface area contributed by atoms with E-state index in [9.17, 15) is 0 Å². The molecule has 0 radical (unpaired) electrons. The molecule has 0 unspecified atom stereocenters. The number of anilines is 3. The first-order valence-corrected chi connectivity index (χ1v) is 10.2. The van der Waals surface area contributed by atoms with Gasteiger partial charge in [0, 0.05) is 25.7 Å². The van der Waals surface area contributed by atoms with Crippen LogP contribution in [0, 0.1) is 0 Å². The van der Waals surface area contributed by atoms with Gasteiger partial charge in [-0.25, -0.2) is 0 Å². The van der Waals surface area contributed by atoms with Gasteiger partial charge in [-0.3, -0.25) is 0 Å². The SMILES string of the molecule is NCCOCCOCCNc1nc(NCc2ccccc2)nc(NC2CCC2)n1. The third-order valence-corrected chi connectivity index (χ3v) is 4.53. The molecule has 0 atom stereocenters. The molecule has 0 amide bonds. The van der Waals surface area contributed by atoms with Crippen molar-refractivity contribution in [2.24, 2.45) is 5.73 Å². The van der Waals surface area contributed by atoms with Crippen molar-refractivity contribution < 1.29 is 9.47 Å². The third kappa shape index (κ3) is 7.80. The Labute approximate surface area is 171 Å². The van der Waals surface area contributed by atoms with Crippen molar-refractivity contribution >= 4 is 17.8 Å². The van der Waals surface area contributed by atoms with Crippen molar-refractivity contribution in [1.82, 2.24) is 15.0 Å². The van der Waals surface area contributed by atoms with Gasteiger partial charge >= 0.3 is 0 Å². The lowest BCUT2D eigenvalue weighted by atomic mass is 9.93. The predicted molar refractivity (Wildman–Crippen MR) is 114 cm³/mol. The average Bonchev–Trinajstić information content (AvgIpc) is 2.72. The molecule has 0 bridgehead atoms. The molecule has 1 aromatic heterocycles. The van der Waals surface area contributed by atoms with Gasteiger partial charge < -0.3 is 31.2 Å². The Hall–Kier alpha value is -2.49. The molecule has 9 heteroatoms. The Morgan fingerprint density at radius 2 is 1.55 bits per heavy atom. The largest absolute Gasteiger partial charge is 0.378 e. The Balaban J connectivity index is 1.50. The molecule has 1 aliphatic rings. The molecule has 158 valence electrons. The molecule has 1 saturated carbocycles. The molecule has 29 heavy (non-hydrogen) atoms. The zero-order valence-corrected chi connectivity index (χ0v) is 16.8. The van der Waals surface area contributed by atoms with Crippen LogP contribution in [-0.4, -0.2) is 60.5 Å². The smallest absolute Gasteiger partial charge is 0.229 e. The summed E-state index contributed by atoms with van der Waals surface area (Å²) in [5.41, 5.74) is 6.54. The standard InChI is InChI=1S/C20H31N7O2/c21-9-11-28-13-14-29-12-10-22-18-25-19(23-15-16-5-2-1-3-6-16)27-20(26-18)24-17-7-4-8-17/h1-3,5-6,17H,4,7-15,21H2,(H3,22,23,24,25,26,27). The highest BCUT2D eigenvalue weighted by atomic mass is 16.5. The van der Waals surface area contributed by atoms with Crippen LogP contribution in [0.25, 0.3) is 0 Å². The number of hydrogen-bond acceptors (Lipinski definition) is 9. The van der Waals surface area contributed by atoms with E-state index < -0.39 is 0 Å². The number of nitrogens with zero attached hydrogens (tertiary/aromatic N) is 3. The van der Waals surface area contributed by atoms with E-state index in [1.807, 2.05) is 18.2 Å². The summed E-state index contributed by atoms with van der Waals surface area (Å²) in [5, 5.41) is 9.88. The molecule has 1 fully saturated rings. The molecule has 3 rings (SSSR count). The summed E-state index contributed by atoms with van der Waals surface area (Å²) in [7, 11) is 0. The minimum atomic E-state index is 0.448. The average molecular weight is 402 g/mol. The van der Waals surface area contributed by atoms with E-state index in [4.69, 9.17) is 15.2 Å². The van der Waals surface area contributed by atoms with Gasteiger partial charge in [0.05, 0.1) is 26.4 Å². The van der Waals surface area contributed by atoms with Gasteiger partial charge in [-0.05, 0) is 24.8 Å². The Morgan fingerprint density at radius 1 is 0.862 bits per heavy atom. The van der Waals surface area contributed by atoms with E-state index in [2.05, 4.69) is 43.0 Å². The van der Waals surface area contributed by atoms with Gasteiger partial charge in [0.2, 0.25) is 17.8 Å². The predicted octanol–water partition coefficient (Wildman–Crippen LogP) is 1.85. The summed E-state index contributed by atoms with van der Waals surface area (Å²) in [6.45, 7) is 3.96. The van der Waals surface area contributed by atoms with E-state index >= 15 is 0 Å². The first-order valence-electron chi connectivity index (χ1n) is 10.2. The van der Waals surface area contributed by atoms with Gasteiger partial charge in [0.15, 0.2) is 0 Å². The topological polar surface area (TPSA) is 119 Å². The van der Waals surface area contributed by atoms with Crippen LogP contribution in [0.5, 0.6) is 0 Å². The number of ether oxygens (including phenoxy) is 2. The van der Waals surface area contributed by atoms with Gasteiger partial charge in [-0.1, -0.05) is 30.3 Å². The zero-order valence-electron chi connectivity index (χ0n) is 16.8. The van der Waals surface area contributed by atoms with Crippen LogP contribution in [0.4, 0.5) is 17.8 Å². The van der Waals surface area contributed by atoms with Crippen molar-refractivity contribution in [2.45, 2.75) is 31.8 Å². The van der Waals surface area contributed by atoms with Crippen LogP contribution < -0.4 is 21.7 Å². The number of benzene rings is 1. The highest BCUT2D eigenvalue weighted by molar-refractivity contribution is 5.43. The minimum Gasteiger partial charge on any atom is -0.378 e. The Kier molecular flexibility index (Phi) is 8.89. The summed E-state index contributed by atoms with van der Waals surface area (Å²) in [6, 6.07) is 10.6. The van der Waals surface area contributed by atoms with Crippen LogP contribution >= 0.6 is 0 Å². The minimum absolute atomic E-state index is 0.448. The summed E-state index contributed by atoms with van der Waals surface area (Å²) in [6.07, 6.45) is 3.56. The second kappa shape index (κ2) is 12.2. The maximum Gasteiger partial charge on any atom is 0.229 e. The van der Waals surface area contributed by atoms with E-state index in [1.54, 1.807) is 0 Å². The van der Waals surface area contributed by atoms with Crippen LogP contribution in [-0.2, 0) is 16.0 Å². The lowest BCUT2D eigenvalue weighted by molar-refractivity contribution is 0.0547. The first-order chi connectivity index (χ1) is 14.3. The van der Waals surface area contributed by atoms with E-state index in [0.29, 0.717) is 69.9 Å². The summed E-state index contributed by atoms with van der Waals surface area (Å²) >= 11 is 0. The number of hydrogen-bond donors (Lipinski definition) is 4. The van der Waals surface area contributed by atoms with Crippen molar-refractivity contribution in [3.63, 3.8) is 0 Å². The molecule has 0 aliphatic heterocycles. The highest BCUT2D eigenvalue weighted by Crippen LogP contribution is 2.22. The van der Waals surface area contributed by atoms with Crippen molar-refractivity contribution in [3.8, 4) is 0 Å². The second-order valence-corrected chi connectivity index (χ2v) is 6.86. The fourth-order valence-electron chi connectivity index (χ4n) is 2.75. The lowest BCUT2D eigenvalue weighted by Gasteiger charge is -2.26. The Morgan fingerprint density at radius 3 is 2.24 bits per heavy atom. The molecular weight excluding hydrogens is 370 g/mol. The van der Waals surface area contributed by atoms with E-state index in [0.717, 1.165) is 12.8 Å². The quantitative estimate of drug-likeness (QED) is 0.352. The molecule has 1 aliphatic carbocycles. The lowest BCUT2D eigenvalue weighted by Crippen LogP contribution is -2.28. The molecular formula is C20H31N7O2. The van der Waals surface area contributed by atoms with Crippen LogP contribution in [0.2, 0.25) is 0 Å². The number of nitrogens with one attached hydrogen (secondary N) is 3. The van der Waals surface area contributed by atoms with Crippen molar-refractivity contribution in [1.29, 1.82) is 0 Å². The maximum absolute atomic E-state index is 5.53. The second-order valence-electron chi connectivity index (χ2n) is 6.86. The van der Waals surface area contributed by atoms with Gasteiger partial charge in [-0.2, -0.15) is 15.0 Å². The Bertz CT molecular complexity index is 713. The molecule has 1 aromatic carbocycles. The van der Waals surface area contributed by atoms with Crippen LogP contribution in [0.3, 0.4) is 0 Å². The van der Waals surface area contributed by atoms with Crippen LogP contribution in [0.1, 0.15) is 24.8 Å². The van der Waals surface area contributed by atoms with Crippen molar-refractivity contribution in [3.05, 3.63) is 35.9 Å². The number of rotatable bonds is 14. The molecule has 9 nitrogen and oxygen atoms in total. The summed E-state index contributed by atoms with van der Waals surface area (Å²) in [5.74, 6) is 1.67. The summed E-state index contributed by atoms with van der Waals surface area (Å²) < 4.78 is 10.8. The van der Waals surface area contributed by atoms with Crippen molar-refractivity contribution in [2.75, 3.05) is 55.5 Å². The molecule has 1 heterocycles. The molecule has 2 aromatic rings. The summed E-state index contributed by atoms with van der Waals surface area (Å²) in [4.78, 5) is 13.5. The normalized spacial score (nSPS) is 13.7. The fraction of sp³-hybridized carbons (Fsp3) is 0.550. The molecule has 0 spiro atoms. The van der Waals surface area contributed by atoms with Gasteiger partial charge in [0.25, 0.3) is 0 Å². The molecule has 5 N–H and O–H groups in total. The highest BCUT2D eigenvalue weighted by Gasteiger charge is 2.19. The third-order valence-electron chi connectivity index (χ3n) is 4.53. The monoisotopic (exact) mass is 401 g/mol. The van der Waals surface area contributed by atoms with Gasteiger partial charge in [-0.15, -0.1) is 0 Å². The number of aromatic nitrogens is 3. The number of nitrogens with two attached hydrogens (primary N) is 1. The molecule has 0 saturated heterocycles. The first kappa shape index (κ1) is 21.2. The zero-order chi connectivity index (χ0) is 20.2. The van der Waals surface area contributed by atoms with E-state index in [-0.39, 0.29) is 0 Å². The van der Waals surface area contributed by atoms with Gasteiger partial charge in [0.1, 0.15) is 0 Å². The van der Waals surface area contributed by atoms with Crippen LogP contribution in [0.15, 0.2) is 30.3 Å².